The van der Waals surface area contributed by atoms with Crippen LogP contribution in [-0.4, -0.2) is 49.4 Å². The van der Waals surface area contributed by atoms with Gasteiger partial charge in [-0.2, -0.15) is 0 Å². The van der Waals surface area contributed by atoms with Gasteiger partial charge >= 0.3 is 0 Å². The van der Waals surface area contributed by atoms with Crippen molar-refractivity contribution in [3.8, 4) is 0 Å². The molecule has 1 fully saturated rings. The number of carbonyl (C=O) groups is 2. The van der Waals surface area contributed by atoms with E-state index in [2.05, 4.69) is 36.9 Å². The van der Waals surface area contributed by atoms with Gasteiger partial charge in [0.15, 0.2) is 0 Å². The van der Waals surface area contributed by atoms with Gasteiger partial charge in [-0.25, -0.2) is 4.39 Å². The van der Waals surface area contributed by atoms with Crippen molar-refractivity contribution in [2.75, 3.05) is 42.5 Å². The summed E-state index contributed by atoms with van der Waals surface area (Å²) in [7, 11) is 0. The molecule has 0 radical (unpaired) electrons. The molecular formula is C22H26FN3O2. The number of rotatable bonds is 4. The molecule has 0 aliphatic carbocycles. The molecule has 0 bridgehead atoms. The molecular weight excluding hydrogens is 357 g/mol. The van der Waals surface area contributed by atoms with Crippen LogP contribution < -0.4 is 9.80 Å². The molecule has 1 aliphatic rings. The normalized spacial score (nSPS) is 14.1. The number of hydrogen-bond acceptors (Lipinski definition) is 3. The Morgan fingerprint density at radius 2 is 1.64 bits per heavy atom. The Balaban J connectivity index is 1.63. The molecule has 0 unspecified atom stereocenters. The van der Waals surface area contributed by atoms with Gasteiger partial charge in [0.25, 0.3) is 0 Å². The first-order valence-corrected chi connectivity index (χ1v) is 9.49. The van der Waals surface area contributed by atoms with Gasteiger partial charge in [-0.15, -0.1) is 0 Å². The highest BCUT2D eigenvalue weighted by atomic mass is 19.1. The molecule has 148 valence electrons. The second kappa shape index (κ2) is 8.42. The SMILES string of the molecule is CC(=O)N(CC(=O)N1CCN(c2cccc(C)c2C)CC1)c1ccc(F)cc1. The van der Waals surface area contributed by atoms with Crippen molar-refractivity contribution in [3.63, 3.8) is 0 Å². The monoisotopic (exact) mass is 383 g/mol. The summed E-state index contributed by atoms with van der Waals surface area (Å²) in [6, 6.07) is 11.9. The van der Waals surface area contributed by atoms with Crippen molar-refractivity contribution in [2.45, 2.75) is 20.8 Å². The van der Waals surface area contributed by atoms with Crippen molar-refractivity contribution >= 4 is 23.2 Å². The number of halogens is 1. The second-order valence-electron chi connectivity index (χ2n) is 7.17. The molecule has 0 spiro atoms. The number of anilines is 2. The molecule has 3 rings (SSSR count). The summed E-state index contributed by atoms with van der Waals surface area (Å²) in [5.74, 6) is -0.713. The van der Waals surface area contributed by atoms with Crippen molar-refractivity contribution in [2.24, 2.45) is 0 Å². The maximum atomic E-state index is 13.2. The third-order valence-corrected chi connectivity index (χ3v) is 5.36. The first-order valence-electron chi connectivity index (χ1n) is 9.49. The van der Waals surface area contributed by atoms with Gasteiger partial charge in [0.2, 0.25) is 11.8 Å². The Morgan fingerprint density at radius 3 is 2.25 bits per heavy atom. The highest BCUT2D eigenvalue weighted by molar-refractivity contribution is 5.97. The Kier molecular flexibility index (Phi) is 5.97. The fourth-order valence-electron chi connectivity index (χ4n) is 3.52. The number of carbonyl (C=O) groups excluding carboxylic acids is 2. The molecule has 1 aliphatic heterocycles. The van der Waals surface area contributed by atoms with Crippen LogP contribution >= 0.6 is 0 Å². The number of hydrogen-bond donors (Lipinski definition) is 0. The first-order chi connectivity index (χ1) is 13.4. The molecule has 28 heavy (non-hydrogen) atoms. The summed E-state index contributed by atoms with van der Waals surface area (Å²) < 4.78 is 13.2. The van der Waals surface area contributed by atoms with Crippen molar-refractivity contribution in [1.29, 1.82) is 0 Å². The molecule has 1 heterocycles. The molecule has 5 nitrogen and oxygen atoms in total. The number of nitrogens with zero attached hydrogens (tertiary/aromatic N) is 3. The van der Waals surface area contributed by atoms with Crippen LogP contribution in [0, 0.1) is 19.7 Å². The lowest BCUT2D eigenvalue weighted by Crippen LogP contribution is -2.52. The van der Waals surface area contributed by atoms with Gasteiger partial charge in [0.1, 0.15) is 12.4 Å². The maximum absolute atomic E-state index is 13.2. The minimum absolute atomic E-state index is 0.0373. The van der Waals surface area contributed by atoms with Gasteiger partial charge < -0.3 is 14.7 Å². The average molecular weight is 383 g/mol. The van der Waals surface area contributed by atoms with Crippen LogP contribution in [0.2, 0.25) is 0 Å². The summed E-state index contributed by atoms with van der Waals surface area (Å²) in [5, 5.41) is 0. The molecule has 0 aromatic heterocycles. The van der Waals surface area contributed by atoms with Crippen LogP contribution in [0.3, 0.4) is 0 Å². The van der Waals surface area contributed by atoms with E-state index >= 15 is 0 Å². The predicted molar refractivity (Wildman–Crippen MR) is 109 cm³/mol. The van der Waals surface area contributed by atoms with Crippen molar-refractivity contribution in [1.82, 2.24) is 4.90 Å². The largest absolute Gasteiger partial charge is 0.368 e. The Morgan fingerprint density at radius 1 is 1.00 bits per heavy atom. The molecule has 0 N–H and O–H groups in total. The average Bonchev–Trinajstić information content (AvgIpc) is 2.69. The minimum atomic E-state index is -0.374. The van der Waals surface area contributed by atoms with E-state index in [0.717, 1.165) is 13.1 Å². The lowest BCUT2D eigenvalue weighted by molar-refractivity contribution is -0.131. The minimum Gasteiger partial charge on any atom is -0.368 e. The number of aryl methyl sites for hydroxylation is 1. The fraction of sp³-hybridized carbons (Fsp3) is 0.364. The quantitative estimate of drug-likeness (QED) is 0.815. The molecule has 2 aromatic rings. The third-order valence-electron chi connectivity index (χ3n) is 5.36. The Bertz CT molecular complexity index is 859. The van der Waals surface area contributed by atoms with Gasteiger partial charge in [0.05, 0.1) is 0 Å². The van der Waals surface area contributed by atoms with Crippen LogP contribution in [0.5, 0.6) is 0 Å². The smallest absolute Gasteiger partial charge is 0.242 e. The standard InChI is InChI=1S/C22H26FN3O2/c1-16-5-4-6-21(17(16)2)24-11-13-25(14-12-24)22(28)15-26(18(3)27)20-9-7-19(23)8-10-20/h4-10H,11-15H2,1-3H3. The fourth-order valence-corrected chi connectivity index (χ4v) is 3.52. The molecule has 1 saturated heterocycles. The van der Waals surface area contributed by atoms with E-state index < -0.39 is 0 Å². The molecule has 2 amide bonds. The topological polar surface area (TPSA) is 43.9 Å². The summed E-state index contributed by atoms with van der Waals surface area (Å²) >= 11 is 0. The van der Waals surface area contributed by atoms with Gasteiger partial charge in [-0.05, 0) is 55.3 Å². The molecule has 2 aromatic carbocycles. The van der Waals surface area contributed by atoms with Crippen LogP contribution in [0.25, 0.3) is 0 Å². The Hall–Kier alpha value is -2.89. The highest BCUT2D eigenvalue weighted by Crippen LogP contribution is 2.24. The zero-order valence-corrected chi connectivity index (χ0v) is 16.6. The number of piperazine rings is 1. The van der Waals surface area contributed by atoms with Gasteiger partial charge in [0, 0.05) is 44.5 Å². The lowest BCUT2D eigenvalue weighted by atomic mass is 10.1. The van der Waals surface area contributed by atoms with Crippen molar-refractivity contribution < 1.29 is 14.0 Å². The van der Waals surface area contributed by atoms with E-state index in [1.165, 1.54) is 52.9 Å². The van der Waals surface area contributed by atoms with Gasteiger partial charge in [-0.3, -0.25) is 9.59 Å². The second-order valence-corrected chi connectivity index (χ2v) is 7.17. The zero-order valence-electron chi connectivity index (χ0n) is 16.6. The van der Waals surface area contributed by atoms with E-state index in [4.69, 9.17) is 0 Å². The van der Waals surface area contributed by atoms with Crippen LogP contribution in [0.15, 0.2) is 42.5 Å². The third kappa shape index (κ3) is 4.32. The van der Waals surface area contributed by atoms with Crippen LogP contribution in [-0.2, 0) is 9.59 Å². The molecule has 6 heteroatoms. The Labute approximate surface area is 165 Å². The van der Waals surface area contributed by atoms with E-state index in [-0.39, 0.29) is 24.2 Å². The number of benzene rings is 2. The van der Waals surface area contributed by atoms with E-state index in [1.807, 2.05) is 0 Å². The van der Waals surface area contributed by atoms with Crippen LogP contribution in [0.4, 0.5) is 15.8 Å². The van der Waals surface area contributed by atoms with Gasteiger partial charge in [-0.1, -0.05) is 12.1 Å². The number of amides is 2. The van der Waals surface area contributed by atoms with E-state index in [9.17, 15) is 14.0 Å². The molecule has 0 atom stereocenters. The van der Waals surface area contributed by atoms with Crippen molar-refractivity contribution in [3.05, 3.63) is 59.4 Å². The summed E-state index contributed by atoms with van der Waals surface area (Å²) in [4.78, 5) is 30.2. The van der Waals surface area contributed by atoms with E-state index in [1.54, 1.807) is 4.90 Å². The summed E-state index contributed by atoms with van der Waals surface area (Å²) in [5.41, 5.74) is 4.26. The predicted octanol–water partition coefficient (Wildman–Crippen LogP) is 3.14. The van der Waals surface area contributed by atoms with E-state index in [0.29, 0.717) is 18.8 Å². The van der Waals surface area contributed by atoms with Crippen LogP contribution in [0.1, 0.15) is 18.1 Å². The lowest BCUT2D eigenvalue weighted by Gasteiger charge is -2.37. The highest BCUT2D eigenvalue weighted by Gasteiger charge is 2.25. The first kappa shape index (κ1) is 19.9. The molecule has 0 saturated carbocycles. The summed E-state index contributed by atoms with van der Waals surface area (Å²) in [6.07, 6.45) is 0. The maximum Gasteiger partial charge on any atom is 0.242 e. The zero-order chi connectivity index (χ0) is 20.3. The summed E-state index contributed by atoms with van der Waals surface area (Å²) in [6.45, 7) is 8.33.